The molecule has 1 rings (SSSR count). The number of aromatic amines is 1. The Hall–Kier alpha value is -3.03. The Labute approximate surface area is 173 Å². The van der Waals surface area contributed by atoms with Crippen molar-refractivity contribution in [1.29, 1.82) is 0 Å². The normalized spacial score (nSPS) is 13.9. The van der Waals surface area contributed by atoms with Crippen LogP contribution in [0.2, 0.25) is 0 Å². The van der Waals surface area contributed by atoms with Gasteiger partial charge < -0.3 is 42.6 Å². The number of imidazole rings is 1. The van der Waals surface area contributed by atoms with E-state index < -0.39 is 42.0 Å². The summed E-state index contributed by atoms with van der Waals surface area (Å²) in [5, 5.41) is 33.1. The predicted octanol–water partition coefficient (Wildman–Crippen LogP) is -0.928. The predicted molar refractivity (Wildman–Crippen MR) is 105 cm³/mol. The molecule has 0 radical (unpaired) electrons. The van der Waals surface area contributed by atoms with E-state index in [1.54, 1.807) is 6.20 Å². The summed E-state index contributed by atoms with van der Waals surface area (Å²) in [7, 11) is 0. The van der Waals surface area contributed by atoms with E-state index >= 15 is 0 Å². The van der Waals surface area contributed by atoms with Gasteiger partial charge in [0.25, 0.3) is 0 Å². The van der Waals surface area contributed by atoms with Gasteiger partial charge in [-0.3, -0.25) is 19.2 Å². The Morgan fingerprint density at radius 3 is 1.83 bits per heavy atom. The quantitative estimate of drug-likeness (QED) is 0.222. The third-order valence-electron chi connectivity index (χ3n) is 3.84. The highest BCUT2D eigenvalue weighted by Gasteiger charge is 2.17. The van der Waals surface area contributed by atoms with Crippen LogP contribution in [0.5, 0.6) is 0 Å². The number of hydrogen-bond donors (Lipinski definition) is 8. The average molecular weight is 433 g/mol. The molecule has 0 amide bonds. The van der Waals surface area contributed by atoms with Crippen LogP contribution in [-0.4, -0.2) is 72.4 Å². The Bertz CT molecular complexity index is 653. The van der Waals surface area contributed by atoms with Crippen LogP contribution in [0.4, 0.5) is 0 Å². The highest BCUT2D eigenvalue weighted by Crippen LogP contribution is 2.04. The molecule has 1 aromatic rings. The third kappa shape index (κ3) is 15.0. The standard InChI is InChI=1S/C6H9N3O2.C6H13NO2.C5H9NO4/c7-5(6(10)11)1-4-2-8-3-9-4;1-3-4(2)5(7)6(8)9;6-3(5(9)10)1-2-4(7)8/h2-3,5H,1,7H2,(H,8,9)(H,10,11);4-5H,3,7H2,1-2H3,(H,8,9);3H,1-2,6H2,(H,7,8)(H,9,10). The first-order valence-electron chi connectivity index (χ1n) is 8.97. The van der Waals surface area contributed by atoms with E-state index in [2.05, 4.69) is 9.97 Å². The molecule has 4 atom stereocenters. The Morgan fingerprint density at radius 2 is 1.53 bits per heavy atom. The van der Waals surface area contributed by atoms with Gasteiger partial charge in [-0.25, -0.2) is 4.98 Å². The van der Waals surface area contributed by atoms with Gasteiger partial charge in [0.05, 0.1) is 6.33 Å². The van der Waals surface area contributed by atoms with Crippen LogP contribution in [0, 0.1) is 5.92 Å². The van der Waals surface area contributed by atoms with Crippen LogP contribution < -0.4 is 17.2 Å². The maximum Gasteiger partial charge on any atom is 0.320 e. The van der Waals surface area contributed by atoms with Crippen LogP contribution in [0.15, 0.2) is 12.5 Å². The van der Waals surface area contributed by atoms with E-state index in [0.29, 0.717) is 0 Å². The monoisotopic (exact) mass is 433 g/mol. The second-order valence-electron chi connectivity index (χ2n) is 6.35. The number of aromatic nitrogens is 2. The Balaban J connectivity index is 0. The molecule has 13 heteroatoms. The minimum atomic E-state index is -1.17. The molecule has 0 bridgehead atoms. The molecule has 0 fully saturated rings. The molecule has 1 heterocycles. The van der Waals surface area contributed by atoms with Gasteiger partial charge in [0.2, 0.25) is 0 Å². The first-order chi connectivity index (χ1) is 13.8. The number of H-pyrrole nitrogens is 1. The molecule has 0 aliphatic carbocycles. The van der Waals surface area contributed by atoms with Crippen LogP contribution in [0.1, 0.15) is 38.8 Å². The fourth-order valence-corrected chi connectivity index (χ4v) is 1.62. The molecule has 0 aliphatic rings. The molecule has 172 valence electrons. The first kappa shape index (κ1) is 29.2. The maximum absolute atomic E-state index is 10.3. The smallest absolute Gasteiger partial charge is 0.320 e. The minimum absolute atomic E-state index is 0.0231. The van der Waals surface area contributed by atoms with Crippen molar-refractivity contribution in [3.63, 3.8) is 0 Å². The molecular weight excluding hydrogens is 402 g/mol. The van der Waals surface area contributed by atoms with Gasteiger partial charge in [0.1, 0.15) is 18.1 Å². The Kier molecular flexibility index (Phi) is 15.4. The van der Waals surface area contributed by atoms with Gasteiger partial charge in [0, 0.05) is 24.7 Å². The lowest BCUT2D eigenvalue weighted by Crippen LogP contribution is -2.36. The van der Waals surface area contributed by atoms with Crippen LogP contribution in [0.25, 0.3) is 0 Å². The number of aliphatic carboxylic acids is 4. The molecular formula is C17H31N5O8. The van der Waals surface area contributed by atoms with Crippen LogP contribution >= 0.6 is 0 Å². The molecule has 30 heavy (non-hydrogen) atoms. The number of nitrogens with zero attached hydrogens (tertiary/aromatic N) is 1. The summed E-state index contributed by atoms with van der Waals surface area (Å²) in [6.45, 7) is 3.76. The van der Waals surface area contributed by atoms with Crippen molar-refractivity contribution in [1.82, 2.24) is 9.97 Å². The average Bonchev–Trinajstić information content (AvgIpc) is 3.18. The molecule has 0 aliphatic heterocycles. The first-order valence-corrected chi connectivity index (χ1v) is 8.97. The highest BCUT2D eigenvalue weighted by atomic mass is 16.4. The van der Waals surface area contributed by atoms with Crippen molar-refractivity contribution in [2.75, 3.05) is 0 Å². The van der Waals surface area contributed by atoms with Crippen LogP contribution in [0.3, 0.4) is 0 Å². The van der Waals surface area contributed by atoms with E-state index in [9.17, 15) is 19.2 Å². The van der Waals surface area contributed by atoms with E-state index in [0.717, 1.165) is 12.1 Å². The minimum Gasteiger partial charge on any atom is -0.481 e. The summed E-state index contributed by atoms with van der Waals surface area (Å²) in [6.07, 6.45) is 3.92. The summed E-state index contributed by atoms with van der Waals surface area (Å²) < 4.78 is 0. The van der Waals surface area contributed by atoms with Gasteiger partial charge >= 0.3 is 23.9 Å². The van der Waals surface area contributed by atoms with Crippen LogP contribution in [-0.2, 0) is 25.6 Å². The number of hydrogen-bond acceptors (Lipinski definition) is 8. The summed E-state index contributed by atoms with van der Waals surface area (Å²) in [5.41, 5.74) is 16.3. The SMILES string of the molecule is CCC(C)C(N)C(=O)O.NC(CCC(=O)O)C(=O)O.NC(Cc1cnc[nH]1)C(=O)O. The third-order valence-corrected chi connectivity index (χ3v) is 3.84. The van der Waals surface area contributed by atoms with Gasteiger partial charge in [-0.2, -0.15) is 0 Å². The molecule has 0 aromatic carbocycles. The fraction of sp³-hybridized carbons (Fsp3) is 0.588. The number of carbonyl (C=O) groups is 4. The maximum atomic E-state index is 10.3. The summed E-state index contributed by atoms with van der Waals surface area (Å²) >= 11 is 0. The summed E-state index contributed by atoms with van der Waals surface area (Å²) in [4.78, 5) is 46.8. The molecule has 1 aromatic heterocycles. The molecule has 4 unspecified atom stereocenters. The van der Waals surface area contributed by atoms with Crippen molar-refractivity contribution >= 4 is 23.9 Å². The van der Waals surface area contributed by atoms with Crippen molar-refractivity contribution in [3.8, 4) is 0 Å². The molecule has 13 nitrogen and oxygen atoms in total. The summed E-state index contributed by atoms with van der Waals surface area (Å²) in [5.74, 6) is -4.04. The van der Waals surface area contributed by atoms with Gasteiger partial charge in [0.15, 0.2) is 0 Å². The zero-order valence-corrected chi connectivity index (χ0v) is 16.9. The van der Waals surface area contributed by atoms with Crippen molar-refractivity contribution in [2.45, 2.75) is 57.7 Å². The van der Waals surface area contributed by atoms with Crippen molar-refractivity contribution < 1.29 is 39.6 Å². The fourth-order valence-electron chi connectivity index (χ4n) is 1.62. The van der Waals surface area contributed by atoms with E-state index in [1.807, 2.05) is 13.8 Å². The summed E-state index contributed by atoms with van der Waals surface area (Å²) in [6, 6.07) is -2.61. The molecule has 0 saturated heterocycles. The molecule has 0 spiro atoms. The number of rotatable bonds is 10. The number of nitrogens with one attached hydrogen (secondary N) is 1. The van der Waals surface area contributed by atoms with Crippen molar-refractivity contribution in [3.05, 3.63) is 18.2 Å². The van der Waals surface area contributed by atoms with Crippen molar-refractivity contribution in [2.24, 2.45) is 23.1 Å². The van der Waals surface area contributed by atoms with E-state index in [4.69, 9.17) is 37.6 Å². The molecule has 0 saturated carbocycles. The lowest BCUT2D eigenvalue weighted by atomic mass is 10.0. The largest absolute Gasteiger partial charge is 0.481 e. The Morgan fingerprint density at radius 1 is 1.00 bits per heavy atom. The lowest BCUT2D eigenvalue weighted by Gasteiger charge is -2.11. The highest BCUT2D eigenvalue weighted by molar-refractivity contribution is 5.75. The number of carboxylic acid groups (broad SMARTS) is 4. The topological polar surface area (TPSA) is 256 Å². The van der Waals surface area contributed by atoms with E-state index in [-0.39, 0.29) is 25.2 Å². The lowest BCUT2D eigenvalue weighted by molar-refractivity contribution is -0.141. The van der Waals surface area contributed by atoms with Gasteiger partial charge in [-0.1, -0.05) is 20.3 Å². The number of carboxylic acids is 4. The number of nitrogens with two attached hydrogens (primary N) is 3. The zero-order chi connectivity index (χ0) is 23.9. The van der Waals surface area contributed by atoms with Gasteiger partial charge in [-0.15, -0.1) is 0 Å². The molecule has 11 N–H and O–H groups in total. The second-order valence-corrected chi connectivity index (χ2v) is 6.35. The van der Waals surface area contributed by atoms with E-state index in [1.165, 1.54) is 6.33 Å². The second kappa shape index (κ2) is 15.8. The zero-order valence-electron chi connectivity index (χ0n) is 16.9. The van der Waals surface area contributed by atoms with Gasteiger partial charge in [-0.05, 0) is 12.3 Å².